The number of rotatable bonds is 4. The minimum Gasteiger partial charge on any atom is -0.738 e. The molecule has 1 heterocycles. The molecule has 1 aliphatic heterocycles. The van der Waals surface area contributed by atoms with E-state index in [9.17, 15) is 0 Å². The van der Waals surface area contributed by atoms with E-state index in [1.165, 1.54) is 43.0 Å². The highest BCUT2D eigenvalue weighted by Crippen LogP contribution is 2.54. The van der Waals surface area contributed by atoms with Crippen LogP contribution in [-0.2, 0) is 24.1 Å². The first kappa shape index (κ1) is 26.9. The molecular formula is C36H28P2S2. The molecule has 0 radical (unpaired) electrons. The van der Waals surface area contributed by atoms with Crippen molar-refractivity contribution >= 4 is 68.4 Å². The highest BCUT2D eigenvalue weighted by Gasteiger charge is 2.47. The van der Waals surface area contributed by atoms with E-state index in [4.69, 9.17) is 24.1 Å². The highest BCUT2D eigenvalue weighted by molar-refractivity contribution is 8.60. The van der Waals surface area contributed by atoms with Gasteiger partial charge in [0.1, 0.15) is 28.5 Å². The van der Waals surface area contributed by atoms with E-state index >= 15 is 0 Å². The number of hydrogen-bond donors (Lipinski definition) is 0. The molecule has 0 bridgehead atoms. The van der Waals surface area contributed by atoms with Crippen LogP contribution in [0.25, 0.3) is 11.1 Å². The lowest BCUT2D eigenvalue weighted by molar-refractivity contribution is 1.71. The molecule has 1 aliphatic rings. The van der Waals surface area contributed by atoms with Crippen molar-refractivity contribution in [2.45, 2.75) is 0 Å². The van der Waals surface area contributed by atoms with Crippen LogP contribution < -0.4 is 31.8 Å². The van der Waals surface area contributed by atoms with Crippen molar-refractivity contribution < 1.29 is 0 Å². The summed E-state index contributed by atoms with van der Waals surface area (Å²) < 4.78 is 0. The van der Waals surface area contributed by atoms with Crippen LogP contribution in [0.4, 0.5) is 0 Å². The molecular weight excluding hydrogens is 558 g/mol. The van der Waals surface area contributed by atoms with Crippen LogP contribution >= 0.6 is 12.5 Å². The summed E-state index contributed by atoms with van der Waals surface area (Å²) in [6.07, 6.45) is 0. The van der Waals surface area contributed by atoms with Crippen molar-refractivity contribution in [1.82, 2.24) is 0 Å². The first-order valence-electron chi connectivity index (χ1n) is 13.3. The second kappa shape index (κ2) is 11.7. The summed E-state index contributed by atoms with van der Waals surface area (Å²) in [5, 5.41) is 6.03. The molecule has 0 amide bonds. The summed E-state index contributed by atoms with van der Waals surface area (Å²) in [4.78, 5) is 0. The monoisotopic (exact) mass is 586 g/mol. The van der Waals surface area contributed by atoms with Gasteiger partial charge < -0.3 is 12.2 Å². The van der Waals surface area contributed by atoms with Gasteiger partial charge in [0.15, 0.2) is 0 Å². The standard InChI is InChI=1S/C24H20P.C12H9PS2/c1-5-13-21(14-6-1)25(22-15-7-2-8-16-22,23-17-9-3-10-18-23)24-19-11-4-12-20-24;14-13(15)11-7-3-1-5-9(11)10-6-2-4-8-12(10)13/h1-20H;1-8H,(H,14,15)/q+1;/p-1. The lowest BCUT2D eigenvalue weighted by Crippen LogP contribution is -2.38. The zero-order valence-electron chi connectivity index (χ0n) is 21.9. The first-order valence-corrected chi connectivity index (χ1v) is 18.9. The average molecular weight is 587 g/mol. The molecule has 0 saturated heterocycles. The van der Waals surface area contributed by atoms with Gasteiger partial charge in [-0.1, -0.05) is 121 Å². The Kier molecular flexibility index (Phi) is 7.88. The topological polar surface area (TPSA) is 0 Å². The Hall–Kier alpha value is -3.25. The van der Waals surface area contributed by atoms with Gasteiger partial charge in [-0.25, -0.2) is 0 Å². The van der Waals surface area contributed by atoms with E-state index in [2.05, 4.69) is 146 Å². The number of fused-ring (bicyclic) bond motifs is 3. The Morgan fingerprint density at radius 1 is 0.375 bits per heavy atom. The summed E-state index contributed by atoms with van der Waals surface area (Å²) in [5.41, 5.74) is 2.48. The van der Waals surface area contributed by atoms with Crippen LogP contribution in [0.1, 0.15) is 0 Å². The maximum Gasteiger partial charge on any atom is 0.144 e. The van der Waals surface area contributed by atoms with E-state index < -0.39 is 12.5 Å². The van der Waals surface area contributed by atoms with Crippen LogP contribution in [0.15, 0.2) is 170 Å². The number of hydrogen-bond acceptors (Lipinski definition) is 2. The zero-order valence-corrected chi connectivity index (χ0v) is 25.3. The largest absolute Gasteiger partial charge is 0.738 e. The van der Waals surface area contributed by atoms with Gasteiger partial charge in [-0.15, -0.1) is 17.0 Å². The third-order valence-corrected chi connectivity index (χ3v) is 16.0. The summed E-state index contributed by atoms with van der Waals surface area (Å²) in [5.74, 6) is 0. The average Bonchev–Trinajstić information content (AvgIpc) is 3.27. The van der Waals surface area contributed by atoms with Crippen LogP contribution in [0, 0.1) is 0 Å². The van der Waals surface area contributed by atoms with Crippen LogP contribution in [0.2, 0.25) is 0 Å². The summed E-state index contributed by atoms with van der Waals surface area (Å²) in [6, 6.07) is 60.4. The van der Waals surface area contributed by atoms with Gasteiger partial charge in [0.25, 0.3) is 0 Å². The Morgan fingerprint density at radius 3 is 0.925 bits per heavy atom. The van der Waals surface area contributed by atoms with Gasteiger partial charge in [0.05, 0.1) is 0 Å². The Morgan fingerprint density at radius 2 is 0.625 bits per heavy atom. The van der Waals surface area contributed by atoms with Crippen molar-refractivity contribution in [2.75, 3.05) is 0 Å². The van der Waals surface area contributed by atoms with Crippen molar-refractivity contribution in [3.63, 3.8) is 0 Å². The molecule has 4 heteroatoms. The maximum atomic E-state index is 5.64. The smallest absolute Gasteiger partial charge is 0.144 e. The molecule has 0 saturated carbocycles. The second-order valence-corrected chi connectivity index (χ2v) is 19.1. The van der Waals surface area contributed by atoms with Crippen molar-refractivity contribution in [1.29, 1.82) is 0 Å². The minimum atomic E-state index is -1.91. The highest BCUT2D eigenvalue weighted by atomic mass is 32.9. The molecule has 0 aliphatic carbocycles. The number of benzene rings is 6. The van der Waals surface area contributed by atoms with E-state index in [0.29, 0.717) is 0 Å². The maximum absolute atomic E-state index is 5.64. The lowest BCUT2D eigenvalue weighted by Gasteiger charge is -2.27. The molecule has 0 unspecified atom stereocenters. The van der Waals surface area contributed by atoms with Gasteiger partial charge in [-0.3, -0.25) is 0 Å². The fourth-order valence-electron chi connectivity index (χ4n) is 5.55. The fourth-order valence-corrected chi connectivity index (χ4v) is 13.6. The predicted octanol–water partition coefficient (Wildman–Crippen LogP) is 6.87. The molecule has 6 aromatic rings. The van der Waals surface area contributed by atoms with Crippen molar-refractivity contribution in [3.8, 4) is 11.1 Å². The third kappa shape index (κ3) is 4.81. The third-order valence-electron chi connectivity index (χ3n) is 7.31. The predicted molar refractivity (Wildman–Crippen MR) is 184 cm³/mol. The van der Waals surface area contributed by atoms with E-state index in [1.54, 1.807) is 0 Å². The molecule has 6 aromatic carbocycles. The molecule has 0 fully saturated rings. The fraction of sp³-hybridized carbons (Fsp3) is 0. The summed E-state index contributed by atoms with van der Waals surface area (Å²) in [7, 11) is -1.91. The van der Waals surface area contributed by atoms with Crippen molar-refractivity contribution in [2.24, 2.45) is 0 Å². The molecule has 0 aromatic heterocycles. The van der Waals surface area contributed by atoms with Crippen LogP contribution in [0.5, 0.6) is 0 Å². The summed E-state index contributed by atoms with van der Waals surface area (Å²) >= 11 is 11.3. The first-order chi connectivity index (χ1) is 19.6. The van der Waals surface area contributed by atoms with E-state index in [0.717, 1.165) is 0 Å². The van der Waals surface area contributed by atoms with Gasteiger partial charge in [-0.05, 0) is 70.3 Å². The van der Waals surface area contributed by atoms with Gasteiger partial charge in [-0.2, -0.15) is 0 Å². The molecule has 7 rings (SSSR count). The molecule has 194 valence electrons. The Bertz CT molecular complexity index is 1560. The quantitative estimate of drug-likeness (QED) is 0.164. The summed E-state index contributed by atoms with van der Waals surface area (Å²) in [6.45, 7) is 0. The van der Waals surface area contributed by atoms with Gasteiger partial charge >= 0.3 is 0 Å². The van der Waals surface area contributed by atoms with Crippen LogP contribution in [-0.4, -0.2) is 0 Å². The van der Waals surface area contributed by atoms with E-state index in [-0.39, 0.29) is 0 Å². The molecule has 0 N–H and O–H groups in total. The Balaban J connectivity index is 0.000000164. The normalized spacial score (nSPS) is 12.9. The molecule has 40 heavy (non-hydrogen) atoms. The molecule has 0 atom stereocenters. The zero-order chi connectivity index (χ0) is 27.4. The van der Waals surface area contributed by atoms with Gasteiger partial charge in [0, 0.05) is 0 Å². The van der Waals surface area contributed by atoms with E-state index in [1.807, 2.05) is 24.3 Å². The lowest BCUT2D eigenvalue weighted by atomic mass is 10.1. The SMILES string of the molecule is S=P1([S-])c2ccccc2-c2ccccc21.c1ccc([P+](c2ccccc2)(c2ccccc2)c2ccccc2)cc1. The van der Waals surface area contributed by atoms with Gasteiger partial charge in [0.2, 0.25) is 0 Å². The minimum absolute atomic E-state index is 1.19. The Labute approximate surface area is 248 Å². The van der Waals surface area contributed by atoms with Crippen molar-refractivity contribution in [3.05, 3.63) is 170 Å². The van der Waals surface area contributed by atoms with Crippen LogP contribution in [0.3, 0.4) is 0 Å². The molecule has 0 spiro atoms. The second-order valence-electron chi connectivity index (χ2n) is 9.60. The molecule has 0 nitrogen and oxygen atoms in total.